The first kappa shape index (κ1) is 72.9. The number of carbonyl (C=O) groups is 2. The highest BCUT2D eigenvalue weighted by atomic mass is 35.5. The molecule has 0 saturated carbocycles. The number of unbranched alkanes of at least 4 members (excludes halogenated alkanes) is 1. The molecule has 4 saturated heterocycles. The number of fused-ring (bicyclic) bond motifs is 2. The van der Waals surface area contributed by atoms with Crippen molar-refractivity contribution in [2.45, 2.75) is 100 Å². The summed E-state index contributed by atoms with van der Waals surface area (Å²) in [7, 11) is 3.22. The zero-order chi connectivity index (χ0) is 72.8. The van der Waals surface area contributed by atoms with Crippen LogP contribution in [0.5, 0.6) is 0 Å². The molecule has 0 aliphatic carbocycles. The van der Waals surface area contributed by atoms with Crippen LogP contribution in [-0.4, -0.2) is 171 Å². The largest absolute Gasteiger partial charge is 0.363 e. The van der Waals surface area contributed by atoms with E-state index in [1.807, 2.05) is 60.7 Å². The lowest BCUT2D eigenvalue weighted by molar-refractivity contribution is -0.322. The molecule has 6 aromatic carbocycles. The first-order valence-corrected chi connectivity index (χ1v) is 35.0. The lowest BCUT2D eigenvalue weighted by Crippen LogP contribution is -2.58. The van der Waals surface area contributed by atoms with Gasteiger partial charge in [-0.3, -0.25) is 9.59 Å². The van der Waals surface area contributed by atoms with Gasteiger partial charge in [0.2, 0.25) is 11.8 Å². The molecule has 4 fully saturated rings. The number of halogens is 10. The van der Waals surface area contributed by atoms with Gasteiger partial charge >= 0.3 is 0 Å². The molecule has 24 nitrogen and oxygen atoms in total. The minimum Gasteiger partial charge on any atom is -0.363 e. The highest BCUT2D eigenvalue weighted by molar-refractivity contribution is 6.35. The third-order valence-electron chi connectivity index (χ3n) is 18.2. The third kappa shape index (κ3) is 15.2. The average molecular weight is 1550 g/mol. The van der Waals surface area contributed by atoms with Crippen LogP contribution in [0.15, 0.2) is 134 Å². The molecule has 2 amide bonds. The highest BCUT2D eigenvalue weighted by Gasteiger charge is 2.56. The van der Waals surface area contributed by atoms with Crippen molar-refractivity contribution in [3.8, 4) is 33.9 Å². The summed E-state index contributed by atoms with van der Waals surface area (Å²) in [4.78, 5) is 41.8. The molecule has 4 aliphatic heterocycles. The van der Waals surface area contributed by atoms with Crippen LogP contribution in [0.2, 0.25) is 30.1 Å². The average Bonchev–Trinajstić information content (AvgIpc) is 1.34. The summed E-state index contributed by atoms with van der Waals surface area (Å²) in [6.07, 6.45) is -6.59. The van der Waals surface area contributed by atoms with Crippen molar-refractivity contribution in [3.63, 3.8) is 0 Å². The number of hydrogen-bond acceptors (Lipinski definition) is 18. The number of aromatic nitrogens is 12. The Morgan fingerprint density at radius 3 is 1.30 bits per heavy atom. The summed E-state index contributed by atoms with van der Waals surface area (Å²) in [5.41, 5.74) is 2.26. The Morgan fingerprint density at radius 1 is 0.529 bits per heavy atom. The van der Waals surface area contributed by atoms with Crippen LogP contribution in [0.4, 0.5) is 17.6 Å². The van der Waals surface area contributed by atoms with E-state index >= 15 is 17.6 Å². The lowest BCUT2D eigenvalue weighted by Gasteiger charge is -2.49. The van der Waals surface area contributed by atoms with Crippen molar-refractivity contribution in [1.29, 1.82) is 0 Å². The molecular formula is C70H62Cl6F4N14O10. The maximum absolute atomic E-state index is 15.0. The zero-order valence-corrected chi connectivity index (χ0v) is 59.9. The number of aryl methyl sites for hydroxylation is 2. The first-order chi connectivity index (χ1) is 50.1. The minimum absolute atomic E-state index is 0.0164. The van der Waals surface area contributed by atoms with Gasteiger partial charge in [-0.05, 0) is 87.4 Å². The minimum atomic E-state index is -1.23. The van der Waals surface area contributed by atoms with Crippen LogP contribution in [-0.2, 0) is 47.5 Å². The molecule has 12 atom stereocenters. The maximum Gasteiger partial charge on any atom is 0.248 e. The number of carbonyl (C=O) groups excluding carboxylic acids is 2. The number of rotatable bonds is 21. The van der Waals surface area contributed by atoms with E-state index in [1.54, 1.807) is 64.3 Å². The van der Waals surface area contributed by atoms with Crippen molar-refractivity contribution >= 4 is 81.4 Å². The Hall–Kier alpha value is -8.04. The Kier molecular flexibility index (Phi) is 21.9. The standard InChI is InChI=1S/C70H62Cl6F4N14O10/c1-35-81-67(93(85-35)51-27-41(71)17-19-43(51)73)65-63(59(61-53(101-65)31-99-69(103-61)37-13-7-5-8-14-37)91-29-49(83-87-91)39-23-45(77)57(75)46(78)24-39)97-33-55(95)89(3)21-11-12-22-90(4)56(96)34-98-64-60(92-30-50(84-88-92)40-25-47(79)58(76)48(80)26-40)62-54(32-100-70(104-62)38-15-9-6-10-16-38)102-66(64)68-82-36(2)86-94(68)52-28-42(72)18-20-44(52)74/h5-10,13-20,23-30,53-54,59-66,69-70H,11-12,21-22,31-34H2,1-4H3. The van der Waals surface area contributed by atoms with Crippen molar-refractivity contribution in [1.82, 2.24) is 69.3 Å². The Balaban J connectivity index is 0.711. The smallest absolute Gasteiger partial charge is 0.248 e. The summed E-state index contributed by atoms with van der Waals surface area (Å²) in [5, 5.41) is 27.0. The van der Waals surface area contributed by atoms with E-state index in [0.717, 1.165) is 24.3 Å². The van der Waals surface area contributed by atoms with E-state index < -0.39 is 132 Å². The number of likely N-dealkylation sites (N-methyl/N-ethyl adjacent to an activating group) is 2. The summed E-state index contributed by atoms with van der Waals surface area (Å²) in [5.74, 6) is -3.97. The second-order valence-electron chi connectivity index (χ2n) is 25.1. The van der Waals surface area contributed by atoms with Gasteiger partial charge in [0.05, 0.1) is 47.0 Å². The molecule has 0 radical (unpaired) electrons. The molecule has 4 aliphatic rings. The van der Waals surface area contributed by atoms with Gasteiger partial charge in [0, 0.05) is 59.5 Å². The third-order valence-corrected chi connectivity index (χ3v) is 20.0. The zero-order valence-electron chi connectivity index (χ0n) is 55.4. The van der Waals surface area contributed by atoms with E-state index in [0.29, 0.717) is 57.0 Å². The summed E-state index contributed by atoms with van der Waals surface area (Å²) in [6.45, 7) is 2.63. The predicted octanol–water partition coefficient (Wildman–Crippen LogP) is 13.2. The number of ether oxygens (including phenoxy) is 8. The quantitative estimate of drug-likeness (QED) is 0.0369. The number of nitrogens with zero attached hydrogens (tertiary/aromatic N) is 14. The normalized spacial score (nSPS) is 23.2. The monoisotopic (exact) mass is 1540 g/mol. The molecule has 104 heavy (non-hydrogen) atoms. The molecule has 0 spiro atoms. The van der Waals surface area contributed by atoms with Crippen molar-refractivity contribution in [3.05, 3.63) is 222 Å². The summed E-state index contributed by atoms with van der Waals surface area (Å²) >= 11 is 38.6. The molecule has 14 rings (SSSR count). The maximum atomic E-state index is 15.0. The Bertz CT molecular complexity index is 4460. The fourth-order valence-corrected chi connectivity index (χ4v) is 14.0. The Labute approximate surface area is 621 Å². The summed E-state index contributed by atoms with van der Waals surface area (Å²) in [6, 6.07) is 30.1. The highest BCUT2D eigenvalue weighted by Crippen LogP contribution is 2.49. The fraction of sp³-hybridized carbons (Fsp3) is 0.343. The SMILES string of the molecule is Cc1nc(C2OC3COC(c4ccccc4)OC3C(n3cc(-c4cc(F)c(Cl)c(F)c4)nn3)C2OCC(=O)N(C)CCCCN(C)C(=O)COC2C(c3nc(C)nn3-c3cc(Cl)ccc3Cl)OC3COC(c4ccccc4)OC3C2n2cc(-c3cc(F)c(Cl)c(F)c3)nn2)n(-c2cc(Cl)ccc2Cl)n1. The Morgan fingerprint density at radius 2 is 0.913 bits per heavy atom. The van der Waals surface area contributed by atoms with Gasteiger partial charge in [-0.1, -0.05) is 141 Å². The first-order valence-electron chi connectivity index (χ1n) is 32.7. The van der Waals surface area contributed by atoms with Crippen LogP contribution < -0.4 is 0 Å². The molecular weight excluding hydrogens is 1490 g/mol. The van der Waals surface area contributed by atoms with Gasteiger partial charge < -0.3 is 47.7 Å². The van der Waals surface area contributed by atoms with Crippen molar-refractivity contribution in [2.24, 2.45) is 0 Å². The second-order valence-corrected chi connectivity index (χ2v) is 27.6. The van der Waals surface area contributed by atoms with Crippen LogP contribution in [0.25, 0.3) is 33.9 Å². The molecule has 0 bridgehead atoms. The van der Waals surface area contributed by atoms with E-state index in [2.05, 4.69) is 20.6 Å². The number of benzene rings is 6. The van der Waals surface area contributed by atoms with Gasteiger partial charge in [-0.2, -0.15) is 10.2 Å². The second kappa shape index (κ2) is 31.2. The van der Waals surface area contributed by atoms with Gasteiger partial charge in [0.25, 0.3) is 0 Å². The summed E-state index contributed by atoms with van der Waals surface area (Å²) < 4.78 is 120. The van der Waals surface area contributed by atoms with Gasteiger partial charge in [-0.25, -0.2) is 46.3 Å². The van der Waals surface area contributed by atoms with E-state index in [9.17, 15) is 9.59 Å². The molecule has 542 valence electrons. The molecule has 8 heterocycles. The van der Waals surface area contributed by atoms with Crippen molar-refractivity contribution < 1.29 is 65.0 Å². The van der Waals surface area contributed by atoms with Crippen LogP contribution in [0, 0.1) is 37.1 Å². The fourth-order valence-electron chi connectivity index (χ4n) is 13.1. The molecule has 4 aromatic heterocycles. The van der Waals surface area contributed by atoms with Crippen LogP contribution >= 0.6 is 69.6 Å². The predicted molar refractivity (Wildman–Crippen MR) is 370 cm³/mol. The van der Waals surface area contributed by atoms with Gasteiger partial charge in [-0.15, -0.1) is 10.2 Å². The lowest BCUT2D eigenvalue weighted by atomic mass is 9.90. The van der Waals surface area contributed by atoms with Crippen molar-refractivity contribution in [2.75, 3.05) is 53.6 Å². The molecule has 0 N–H and O–H groups in total. The molecule has 12 unspecified atom stereocenters. The van der Waals surface area contributed by atoms with E-state index in [-0.39, 0.29) is 70.5 Å². The topological polar surface area (TPSA) is 237 Å². The van der Waals surface area contributed by atoms with Crippen LogP contribution in [0.1, 0.15) is 84.1 Å². The van der Waals surface area contributed by atoms with E-state index in [1.165, 1.54) is 40.9 Å². The number of amides is 2. The van der Waals surface area contributed by atoms with Gasteiger partial charge in [0.15, 0.2) is 24.2 Å². The van der Waals surface area contributed by atoms with E-state index in [4.69, 9.17) is 128 Å². The van der Waals surface area contributed by atoms with Gasteiger partial charge in [0.1, 0.15) is 130 Å². The molecule has 34 heteroatoms. The van der Waals surface area contributed by atoms with Crippen LogP contribution in [0.3, 0.4) is 0 Å². The molecule has 10 aromatic rings. The number of hydrogen-bond donors (Lipinski definition) is 0.